The number of nitrogens with one attached hydrogen (secondary N) is 1. The van der Waals surface area contributed by atoms with Crippen LogP contribution in [0.4, 0.5) is 5.95 Å². The van der Waals surface area contributed by atoms with E-state index in [0.29, 0.717) is 5.95 Å². The summed E-state index contributed by atoms with van der Waals surface area (Å²) in [6, 6.07) is 8.39. The molecule has 3 N–H and O–H groups in total. The van der Waals surface area contributed by atoms with Gasteiger partial charge in [0.25, 0.3) is 0 Å². The third-order valence-corrected chi connectivity index (χ3v) is 2.79. The number of rotatable bonds is 1. The first-order chi connectivity index (χ1) is 7.74. The van der Waals surface area contributed by atoms with E-state index in [9.17, 15) is 0 Å². The third kappa shape index (κ3) is 1.27. The summed E-state index contributed by atoms with van der Waals surface area (Å²) in [6.45, 7) is 0. The van der Waals surface area contributed by atoms with Crippen LogP contribution in [0.2, 0.25) is 0 Å². The third-order valence-electron chi connectivity index (χ3n) is 2.79. The molecule has 0 unspecified atom stereocenters. The fourth-order valence-corrected chi connectivity index (χ4v) is 1.93. The van der Waals surface area contributed by atoms with Crippen molar-refractivity contribution in [2.45, 2.75) is 0 Å². The topological polar surface area (TPSA) is 59.6 Å². The van der Waals surface area contributed by atoms with E-state index in [1.165, 1.54) is 10.9 Å². The van der Waals surface area contributed by atoms with Crippen LogP contribution in [0.3, 0.4) is 0 Å². The van der Waals surface area contributed by atoms with Gasteiger partial charge < -0.3 is 15.3 Å². The summed E-state index contributed by atoms with van der Waals surface area (Å²) < 4.78 is 2.10. The highest BCUT2D eigenvalue weighted by Gasteiger charge is 2.03. The predicted molar refractivity (Wildman–Crippen MR) is 64.9 cm³/mol. The van der Waals surface area contributed by atoms with Crippen LogP contribution in [0.5, 0.6) is 0 Å². The van der Waals surface area contributed by atoms with Crippen molar-refractivity contribution in [1.29, 1.82) is 0 Å². The maximum Gasteiger partial charge on any atom is 0.197 e. The molecule has 0 aliphatic heterocycles. The number of nitrogens with zero attached hydrogens (tertiary/aromatic N) is 2. The van der Waals surface area contributed by atoms with Crippen molar-refractivity contribution in [3.63, 3.8) is 0 Å². The van der Waals surface area contributed by atoms with Crippen LogP contribution in [-0.2, 0) is 7.05 Å². The van der Waals surface area contributed by atoms with Gasteiger partial charge in [0, 0.05) is 29.7 Å². The van der Waals surface area contributed by atoms with Crippen molar-refractivity contribution in [1.82, 2.24) is 14.5 Å². The molecule has 80 valence electrons. The second-order valence-corrected chi connectivity index (χ2v) is 3.88. The van der Waals surface area contributed by atoms with Crippen LogP contribution in [0.1, 0.15) is 0 Å². The Morgan fingerprint density at radius 2 is 2.19 bits per heavy atom. The second kappa shape index (κ2) is 3.13. The van der Waals surface area contributed by atoms with Gasteiger partial charge in [0.2, 0.25) is 0 Å². The van der Waals surface area contributed by atoms with Crippen molar-refractivity contribution in [2.75, 3.05) is 5.73 Å². The van der Waals surface area contributed by atoms with Gasteiger partial charge in [0.05, 0.1) is 11.9 Å². The largest absolute Gasteiger partial charge is 0.369 e. The van der Waals surface area contributed by atoms with Crippen molar-refractivity contribution >= 4 is 16.9 Å². The molecule has 3 aromatic rings. The van der Waals surface area contributed by atoms with Gasteiger partial charge in [0.1, 0.15) is 0 Å². The number of benzene rings is 1. The van der Waals surface area contributed by atoms with E-state index < -0.39 is 0 Å². The van der Waals surface area contributed by atoms with Crippen molar-refractivity contribution < 1.29 is 0 Å². The molecule has 4 nitrogen and oxygen atoms in total. The van der Waals surface area contributed by atoms with Gasteiger partial charge in [-0.15, -0.1) is 0 Å². The zero-order chi connectivity index (χ0) is 11.1. The van der Waals surface area contributed by atoms with Crippen LogP contribution in [-0.4, -0.2) is 14.5 Å². The SMILES string of the molecule is Cn1ccc2cc(-c3cnc(N)[nH]3)ccc21. The number of nitrogens with two attached hydrogens (primary N) is 1. The summed E-state index contributed by atoms with van der Waals surface area (Å²) in [5.74, 6) is 0.447. The number of nitrogen functional groups attached to an aromatic ring is 1. The Hall–Kier alpha value is -2.23. The molecule has 2 heterocycles. The number of hydrogen-bond acceptors (Lipinski definition) is 2. The molecule has 0 spiro atoms. The minimum absolute atomic E-state index is 0.447. The van der Waals surface area contributed by atoms with E-state index in [-0.39, 0.29) is 0 Å². The van der Waals surface area contributed by atoms with Gasteiger partial charge in [0.15, 0.2) is 5.95 Å². The summed E-state index contributed by atoms with van der Waals surface area (Å²) in [5, 5.41) is 1.22. The highest BCUT2D eigenvalue weighted by atomic mass is 15.0. The van der Waals surface area contributed by atoms with Gasteiger partial charge >= 0.3 is 0 Å². The monoisotopic (exact) mass is 212 g/mol. The molecule has 3 rings (SSSR count). The van der Waals surface area contributed by atoms with Crippen LogP contribution in [0, 0.1) is 0 Å². The maximum atomic E-state index is 5.56. The Kier molecular flexibility index (Phi) is 1.77. The average molecular weight is 212 g/mol. The number of H-pyrrole nitrogens is 1. The smallest absolute Gasteiger partial charge is 0.197 e. The van der Waals surface area contributed by atoms with E-state index in [1.807, 2.05) is 7.05 Å². The van der Waals surface area contributed by atoms with Crippen LogP contribution >= 0.6 is 0 Å². The molecule has 0 saturated carbocycles. The Labute approximate surface area is 92.7 Å². The normalized spacial score (nSPS) is 11.1. The molecule has 0 fully saturated rings. The Balaban J connectivity index is 2.18. The molecule has 16 heavy (non-hydrogen) atoms. The van der Waals surface area contributed by atoms with E-state index in [1.54, 1.807) is 6.20 Å². The number of hydrogen-bond donors (Lipinski definition) is 2. The molecular formula is C12H12N4. The zero-order valence-electron chi connectivity index (χ0n) is 8.94. The Morgan fingerprint density at radius 3 is 2.94 bits per heavy atom. The first-order valence-corrected chi connectivity index (χ1v) is 5.10. The number of aryl methyl sites for hydroxylation is 1. The Morgan fingerprint density at radius 1 is 1.31 bits per heavy atom. The average Bonchev–Trinajstić information content (AvgIpc) is 2.86. The minimum atomic E-state index is 0.447. The van der Waals surface area contributed by atoms with Crippen molar-refractivity contribution in [3.05, 3.63) is 36.7 Å². The van der Waals surface area contributed by atoms with E-state index >= 15 is 0 Å². The van der Waals surface area contributed by atoms with Gasteiger partial charge in [-0.1, -0.05) is 6.07 Å². The summed E-state index contributed by atoms with van der Waals surface area (Å²) in [7, 11) is 2.04. The zero-order valence-corrected chi connectivity index (χ0v) is 8.94. The molecule has 4 heteroatoms. The molecule has 0 atom stereocenters. The molecular weight excluding hydrogens is 200 g/mol. The molecule has 0 bridgehead atoms. The number of fused-ring (bicyclic) bond motifs is 1. The lowest BCUT2D eigenvalue weighted by Crippen LogP contribution is -1.86. The van der Waals surface area contributed by atoms with Crippen LogP contribution in [0.15, 0.2) is 36.7 Å². The Bertz CT molecular complexity index is 648. The highest BCUT2D eigenvalue weighted by Crippen LogP contribution is 2.23. The highest BCUT2D eigenvalue weighted by molar-refractivity contribution is 5.85. The first kappa shape index (κ1) is 9.03. The van der Waals surface area contributed by atoms with Gasteiger partial charge in [-0.05, 0) is 18.2 Å². The number of imidazole rings is 1. The van der Waals surface area contributed by atoms with Gasteiger partial charge in [-0.2, -0.15) is 0 Å². The number of aromatic amines is 1. The van der Waals surface area contributed by atoms with Gasteiger partial charge in [-0.25, -0.2) is 4.98 Å². The molecule has 0 radical (unpaired) electrons. The van der Waals surface area contributed by atoms with Crippen molar-refractivity contribution in [3.8, 4) is 11.3 Å². The quantitative estimate of drug-likeness (QED) is 0.649. The second-order valence-electron chi connectivity index (χ2n) is 3.88. The molecule has 0 aliphatic carbocycles. The fourth-order valence-electron chi connectivity index (χ4n) is 1.93. The molecule has 0 aliphatic rings. The number of anilines is 1. The number of aromatic nitrogens is 3. The standard InChI is InChI=1S/C12H12N4/c1-16-5-4-9-6-8(2-3-11(9)16)10-7-14-12(13)15-10/h2-7H,1H3,(H3,13,14,15). The van der Waals surface area contributed by atoms with Crippen LogP contribution in [0.25, 0.3) is 22.2 Å². The molecule has 1 aromatic carbocycles. The first-order valence-electron chi connectivity index (χ1n) is 5.10. The summed E-state index contributed by atoms with van der Waals surface area (Å²) >= 11 is 0. The van der Waals surface area contributed by atoms with E-state index in [4.69, 9.17) is 5.73 Å². The summed E-state index contributed by atoms with van der Waals surface area (Å²) in [6.07, 6.45) is 3.80. The minimum Gasteiger partial charge on any atom is -0.369 e. The lowest BCUT2D eigenvalue weighted by Gasteiger charge is -1.99. The molecule has 2 aromatic heterocycles. The lowest BCUT2D eigenvalue weighted by molar-refractivity contribution is 0.969. The lowest BCUT2D eigenvalue weighted by atomic mass is 10.1. The van der Waals surface area contributed by atoms with Crippen LogP contribution < -0.4 is 5.73 Å². The van der Waals surface area contributed by atoms with E-state index in [0.717, 1.165) is 11.3 Å². The van der Waals surface area contributed by atoms with E-state index in [2.05, 4.69) is 45.0 Å². The fraction of sp³-hybridized carbons (Fsp3) is 0.0833. The van der Waals surface area contributed by atoms with Gasteiger partial charge in [-0.3, -0.25) is 0 Å². The molecule has 0 amide bonds. The molecule has 0 saturated heterocycles. The van der Waals surface area contributed by atoms with Crippen molar-refractivity contribution in [2.24, 2.45) is 7.05 Å². The summed E-state index contributed by atoms with van der Waals surface area (Å²) in [4.78, 5) is 7.02. The maximum absolute atomic E-state index is 5.56. The summed E-state index contributed by atoms with van der Waals surface area (Å²) in [5.41, 5.74) is 8.83. The predicted octanol–water partition coefficient (Wildman–Crippen LogP) is 2.15.